The van der Waals surface area contributed by atoms with Crippen molar-refractivity contribution in [2.24, 2.45) is 5.73 Å². The molecule has 0 fully saturated rings. The SMILES string of the molecule is NC(=O)c1ccc(C(F)(F)C(F)(F)F)cc1Oc1ccc(F)cc1Cl. The van der Waals surface area contributed by atoms with Gasteiger partial charge < -0.3 is 10.5 Å². The zero-order valence-corrected chi connectivity index (χ0v) is 12.8. The molecule has 0 aliphatic carbocycles. The third-order valence-corrected chi connectivity index (χ3v) is 3.37. The largest absolute Gasteiger partial charge is 0.458 e. The minimum atomic E-state index is -5.86. The summed E-state index contributed by atoms with van der Waals surface area (Å²) in [7, 11) is 0. The van der Waals surface area contributed by atoms with E-state index in [0.29, 0.717) is 18.2 Å². The van der Waals surface area contributed by atoms with E-state index in [9.17, 15) is 31.1 Å². The first-order valence-electron chi connectivity index (χ1n) is 6.45. The van der Waals surface area contributed by atoms with E-state index in [2.05, 4.69) is 0 Å². The number of amides is 1. The summed E-state index contributed by atoms with van der Waals surface area (Å²) in [6.45, 7) is 0. The Morgan fingerprint density at radius 3 is 2.16 bits per heavy atom. The van der Waals surface area contributed by atoms with Gasteiger partial charge in [0.25, 0.3) is 5.91 Å². The van der Waals surface area contributed by atoms with Crippen LogP contribution >= 0.6 is 11.6 Å². The van der Waals surface area contributed by atoms with Crippen LogP contribution in [0.1, 0.15) is 15.9 Å². The van der Waals surface area contributed by atoms with Gasteiger partial charge in [-0.2, -0.15) is 22.0 Å². The highest BCUT2D eigenvalue weighted by Gasteiger charge is 2.58. The van der Waals surface area contributed by atoms with Crippen molar-refractivity contribution in [1.29, 1.82) is 0 Å². The minimum absolute atomic E-state index is 0.266. The molecule has 1 amide bonds. The molecule has 0 heterocycles. The average Bonchev–Trinajstić information content (AvgIpc) is 2.48. The van der Waals surface area contributed by atoms with Crippen molar-refractivity contribution in [2.75, 3.05) is 0 Å². The maximum Gasteiger partial charge on any atom is 0.458 e. The third kappa shape index (κ3) is 3.81. The molecule has 0 saturated carbocycles. The number of halogens is 7. The maximum atomic E-state index is 13.5. The molecule has 0 unspecified atom stereocenters. The molecule has 0 aliphatic rings. The molecule has 0 radical (unpaired) electrons. The number of ether oxygens (including phenoxy) is 1. The van der Waals surface area contributed by atoms with E-state index in [1.165, 1.54) is 0 Å². The number of hydrogen-bond donors (Lipinski definition) is 1. The third-order valence-electron chi connectivity index (χ3n) is 3.08. The second-order valence-corrected chi connectivity index (χ2v) is 5.23. The summed E-state index contributed by atoms with van der Waals surface area (Å²) in [5, 5.41) is -0.289. The zero-order chi connectivity index (χ0) is 19.0. The summed E-state index contributed by atoms with van der Waals surface area (Å²) >= 11 is 5.70. The fourth-order valence-corrected chi connectivity index (χ4v) is 2.05. The molecule has 134 valence electrons. The van der Waals surface area contributed by atoms with Crippen LogP contribution in [0.2, 0.25) is 5.02 Å². The molecule has 25 heavy (non-hydrogen) atoms. The summed E-state index contributed by atoms with van der Waals surface area (Å²) in [5.41, 5.74) is 3.14. The van der Waals surface area contributed by atoms with Gasteiger partial charge >= 0.3 is 12.1 Å². The highest BCUT2D eigenvalue weighted by Crippen LogP contribution is 2.45. The number of benzene rings is 2. The second kappa shape index (κ2) is 6.47. The Morgan fingerprint density at radius 2 is 1.64 bits per heavy atom. The van der Waals surface area contributed by atoms with Gasteiger partial charge in [-0.25, -0.2) is 4.39 Å². The normalized spacial score (nSPS) is 12.1. The van der Waals surface area contributed by atoms with Crippen molar-refractivity contribution < 1.29 is 35.9 Å². The summed E-state index contributed by atoms with van der Waals surface area (Å²) < 4.78 is 82.6. The maximum absolute atomic E-state index is 13.5. The van der Waals surface area contributed by atoms with Gasteiger partial charge in [0, 0.05) is 5.56 Å². The van der Waals surface area contributed by atoms with Gasteiger partial charge in [-0.3, -0.25) is 4.79 Å². The zero-order valence-electron chi connectivity index (χ0n) is 12.0. The van der Waals surface area contributed by atoms with E-state index in [1.807, 2.05) is 0 Å². The van der Waals surface area contributed by atoms with Crippen molar-refractivity contribution in [3.8, 4) is 11.5 Å². The van der Waals surface area contributed by atoms with E-state index in [0.717, 1.165) is 18.2 Å². The van der Waals surface area contributed by atoms with Crippen LogP contribution in [0, 0.1) is 5.82 Å². The van der Waals surface area contributed by atoms with Gasteiger partial charge in [-0.15, -0.1) is 0 Å². The minimum Gasteiger partial charge on any atom is -0.455 e. The molecule has 2 N–H and O–H groups in total. The Hall–Kier alpha value is -2.42. The molecule has 0 bridgehead atoms. The molecule has 2 rings (SSSR count). The van der Waals surface area contributed by atoms with E-state index in [4.69, 9.17) is 22.1 Å². The smallest absolute Gasteiger partial charge is 0.455 e. The number of alkyl halides is 5. The number of carbonyl (C=O) groups is 1. The van der Waals surface area contributed by atoms with Crippen molar-refractivity contribution >= 4 is 17.5 Å². The van der Waals surface area contributed by atoms with Crippen molar-refractivity contribution in [1.82, 2.24) is 0 Å². The van der Waals surface area contributed by atoms with Crippen molar-refractivity contribution in [2.45, 2.75) is 12.1 Å². The van der Waals surface area contributed by atoms with Gasteiger partial charge in [-0.05, 0) is 30.3 Å². The van der Waals surface area contributed by atoms with Gasteiger partial charge in [0.15, 0.2) is 0 Å². The van der Waals surface area contributed by atoms with Crippen LogP contribution < -0.4 is 10.5 Å². The number of primary amides is 1. The molecule has 10 heteroatoms. The van der Waals surface area contributed by atoms with Crippen LogP contribution in [-0.2, 0) is 5.92 Å². The highest BCUT2D eigenvalue weighted by atomic mass is 35.5. The first-order chi connectivity index (χ1) is 11.4. The molecule has 2 aromatic carbocycles. The molecule has 0 aromatic heterocycles. The van der Waals surface area contributed by atoms with Gasteiger partial charge in [0.2, 0.25) is 0 Å². The summed E-state index contributed by atoms with van der Waals surface area (Å²) in [5.74, 6) is -7.99. The first kappa shape index (κ1) is 18.9. The van der Waals surface area contributed by atoms with Crippen LogP contribution in [0.25, 0.3) is 0 Å². The molecule has 2 aromatic rings. The lowest BCUT2D eigenvalue weighted by atomic mass is 10.0. The second-order valence-electron chi connectivity index (χ2n) is 4.82. The first-order valence-corrected chi connectivity index (χ1v) is 6.83. The molecule has 0 aliphatic heterocycles. The topological polar surface area (TPSA) is 52.3 Å². The lowest BCUT2D eigenvalue weighted by molar-refractivity contribution is -0.289. The number of rotatable bonds is 4. The Balaban J connectivity index is 2.54. The predicted octanol–water partition coefficient (Wildman–Crippen LogP) is 5.02. The number of nitrogens with two attached hydrogens (primary N) is 1. The van der Waals surface area contributed by atoms with Crippen molar-refractivity contribution in [3.05, 3.63) is 58.4 Å². The molecule has 0 atom stereocenters. The molecule has 0 saturated heterocycles. The Labute approximate surface area is 141 Å². The van der Waals surface area contributed by atoms with Crippen molar-refractivity contribution in [3.63, 3.8) is 0 Å². The van der Waals surface area contributed by atoms with Crippen LogP contribution in [0.5, 0.6) is 11.5 Å². The van der Waals surface area contributed by atoms with Crippen LogP contribution in [0.15, 0.2) is 36.4 Å². The van der Waals surface area contributed by atoms with E-state index >= 15 is 0 Å². The van der Waals surface area contributed by atoms with Gasteiger partial charge in [-0.1, -0.05) is 17.7 Å². The fourth-order valence-electron chi connectivity index (χ4n) is 1.85. The highest BCUT2D eigenvalue weighted by molar-refractivity contribution is 6.32. The van der Waals surface area contributed by atoms with E-state index in [-0.39, 0.29) is 10.8 Å². The Bertz CT molecular complexity index is 822. The Morgan fingerprint density at radius 1 is 1.00 bits per heavy atom. The lowest BCUT2D eigenvalue weighted by Gasteiger charge is -2.21. The molecular formula is C15H8ClF6NO2. The fraction of sp³-hybridized carbons (Fsp3) is 0.133. The average molecular weight is 384 g/mol. The number of hydrogen-bond acceptors (Lipinski definition) is 2. The summed E-state index contributed by atoms with van der Waals surface area (Å²) in [6, 6.07) is 4.16. The van der Waals surface area contributed by atoms with Gasteiger partial charge in [0.05, 0.1) is 10.6 Å². The van der Waals surface area contributed by atoms with Crippen LogP contribution in [-0.4, -0.2) is 12.1 Å². The predicted molar refractivity (Wildman–Crippen MR) is 76.4 cm³/mol. The van der Waals surface area contributed by atoms with Crippen LogP contribution in [0.4, 0.5) is 26.3 Å². The summed E-state index contributed by atoms with van der Waals surface area (Å²) in [4.78, 5) is 11.3. The monoisotopic (exact) mass is 383 g/mol. The lowest BCUT2D eigenvalue weighted by Crippen LogP contribution is -2.33. The molecule has 3 nitrogen and oxygen atoms in total. The quantitative estimate of drug-likeness (QED) is 0.753. The van der Waals surface area contributed by atoms with E-state index < -0.39 is 40.7 Å². The summed E-state index contributed by atoms with van der Waals surface area (Å²) in [6.07, 6.45) is -5.86. The number of carbonyl (C=O) groups excluding carboxylic acids is 1. The standard InChI is InChI=1S/C15H8ClF6NO2/c16-10-6-8(17)2-4-11(10)25-12-5-7(1-3-9(12)13(23)24)14(18,19)15(20,21)22/h1-6H,(H2,23,24). The van der Waals surface area contributed by atoms with Crippen LogP contribution in [0.3, 0.4) is 0 Å². The van der Waals surface area contributed by atoms with E-state index in [1.54, 1.807) is 0 Å². The Kier molecular flexibility index (Phi) is 4.90. The van der Waals surface area contributed by atoms with Gasteiger partial charge in [0.1, 0.15) is 17.3 Å². The molecule has 0 spiro atoms. The molecular weight excluding hydrogens is 376 g/mol.